The second-order valence-electron chi connectivity index (χ2n) is 5.90. The molecule has 114 valence electrons. The average Bonchev–Trinajstić information content (AvgIpc) is 2.85. The largest absolute Gasteiger partial charge is 0.381 e. The third-order valence-electron chi connectivity index (χ3n) is 3.83. The zero-order valence-electron chi connectivity index (χ0n) is 13.2. The molecular weight excluding hydrogens is 240 g/mol. The summed E-state index contributed by atoms with van der Waals surface area (Å²) < 4.78 is 11.1. The molecule has 1 saturated heterocycles. The van der Waals surface area contributed by atoms with Gasteiger partial charge in [0.15, 0.2) is 0 Å². The summed E-state index contributed by atoms with van der Waals surface area (Å²) in [6.07, 6.45) is 1.16. The SMILES string of the molecule is CCOCCN(CC)CC1(CNC(C)C)CCOC1. The maximum Gasteiger partial charge on any atom is 0.0593 e. The van der Waals surface area contributed by atoms with Crippen molar-refractivity contribution in [3.8, 4) is 0 Å². The van der Waals surface area contributed by atoms with Crippen molar-refractivity contribution in [1.29, 1.82) is 0 Å². The molecule has 4 heteroatoms. The quantitative estimate of drug-likeness (QED) is 0.614. The Hall–Kier alpha value is -0.160. The Morgan fingerprint density at radius 3 is 2.68 bits per heavy atom. The molecule has 19 heavy (non-hydrogen) atoms. The van der Waals surface area contributed by atoms with Gasteiger partial charge in [-0.2, -0.15) is 0 Å². The summed E-state index contributed by atoms with van der Waals surface area (Å²) in [5.41, 5.74) is 0.284. The maximum atomic E-state index is 5.67. The molecule has 1 fully saturated rings. The van der Waals surface area contributed by atoms with E-state index < -0.39 is 0 Å². The molecule has 0 aromatic heterocycles. The zero-order chi connectivity index (χ0) is 14.1. The first-order valence-electron chi connectivity index (χ1n) is 7.73. The summed E-state index contributed by atoms with van der Waals surface area (Å²) in [6, 6.07) is 0.538. The van der Waals surface area contributed by atoms with Gasteiger partial charge in [0, 0.05) is 44.3 Å². The molecule has 0 spiro atoms. The lowest BCUT2D eigenvalue weighted by atomic mass is 9.86. The summed E-state index contributed by atoms with van der Waals surface area (Å²) in [5.74, 6) is 0. The van der Waals surface area contributed by atoms with Crippen molar-refractivity contribution in [1.82, 2.24) is 10.2 Å². The molecular formula is C15H32N2O2. The Balaban J connectivity index is 2.45. The van der Waals surface area contributed by atoms with E-state index in [1.807, 2.05) is 0 Å². The van der Waals surface area contributed by atoms with Crippen LogP contribution in [-0.4, -0.2) is 63.5 Å². The van der Waals surface area contributed by atoms with E-state index in [9.17, 15) is 0 Å². The van der Waals surface area contributed by atoms with Crippen molar-refractivity contribution in [3.63, 3.8) is 0 Å². The predicted molar refractivity (Wildman–Crippen MR) is 79.6 cm³/mol. The van der Waals surface area contributed by atoms with E-state index in [1.165, 1.54) is 0 Å². The molecule has 4 nitrogen and oxygen atoms in total. The van der Waals surface area contributed by atoms with Crippen LogP contribution in [0.5, 0.6) is 0 Å². The van der Waals surface area contributed by atoms with Gasteiger partial charge < -0.3 is 19.7 Å². The standard InChI is InChI=1S/C15H32N2O2/c1-5-17(8-10-18-6-2)12-15(7-9-19-13-15)11-16-14(3)4/h14,16H,5-13H2,1-4H3. The molecule has 0 aromatic carbocycles. The molecule has 0 amide bonds. The summed E-state index contributed by atoms with van der Waals surface area (Å²) >= 11 is 0. The topological polar surface area (TPSA) is 33.7 Å². The van der Waals surface area contributed by atoms with Crippen LogP contribution in [0.3, 0.4) is 0 Å². The van der Waals surface area contributed by atoms with Crippen LogP contribution in [0.2, 0.25) is 0 Å². The number of hydrogen-bond acceptors (Lipinski definition) is 4. The molecule has 1 aliphatic rings. The Labute approximate surface area is 118 Å². The molecule has 0 bridgehead atoms. The van der Waals surface area contributed by atoms with E-state index in [-0.39, 0.29) is 5.41 Å². The van der Waals surface area contributed by atoms with Gasteiger partial charge in [-0.05, 0) is 19.9 Å². The fourth-order valence-electron chi connectivity index (χ4n) is 2.55. The number of rotatable bonds is 10. The Morgan fingerprint density at radius 2 is 2.16 bits per heavy atom. The van der Waals surface area contributed by atoms with Crippen molar-refractivity contribution >= 4 is 0 Å². The number of nitrogens with one attached hydrogen (secondary N) is 1. The van der Waals surface area contributed by atoms with Gasteiger partial charge in [0.25, 0.3) is 0 Å². The van der Waals surface area contributed by atoms with E-state index in [0.29, 0.717) is 6.04 Å². The van der Waals surface area contributed by atoms with Crippen LogP contribution in [0.1, 0.15) is 34.1 Å². The monoisotopic (exact) mass is 272 g/mol. The van der Waals surface area contributed by atoms with Crippen molar-refractivity contribution in [3.05, 3.63) is 0 Å². The Kier molecular flexibility index (Phi) is 7.91. The third kappa shape index (κ3) is 6.21. The fraction of sp³-hybridized carbons (Fsp3) is 1.00. The molecule has 1 N–H and O–H groups in total. The summed E-state index contributed by atoms with van der Waals surface area (Å²) in [6.45, 7) is 16.4. The minimum Gasteiger partial charge on any atom is -0.381 e. The van der Waals surface area contributed by atoms with E-state index in [1.54, 1.807) is 0 Å². The predicted octanol–water partition coefficient (Wildman–Crippen LogP) is 1.75. The lowest BCUT2D eigenvalue weighted by molar-refractivity contribution is 0.0770. The number of hydrogen-bond donors (Lipinski definition) is 1. The Bertz CT molecular complexity index is 228. The van der Waals surface area contributed by atoms with Crippen molar-refractivity contribution in [2.24, 2.45) is 5.41 Å². The lowest BCUT2D eigenvalue weighted by Gasteiger charge is -2.34. The van der Waals surface area contributed by atoms with E-state index in [0.717, 1.165) is 59.0 Å². The highest BCUT2D eigenvalue weighted by molar-refractivity contribution is 4.88. The second-order valence-corrected chi connectivity index (χ2v) is 5.90. The normalized spacial score (nSPS) is 23.7. The van der Waals surface area contributed by atoms with Gasteiger partial charge in [0.2, 0.25) is 0 Å². The van der Waals surface area contributed by atoms with Crippen LogP contribution in [-0.2, 0) is 9.47 Å². The van der Waals surface area contributed by atoms with Gasteiger partial charge in [-0.1, -0.05) is 20.8 Å². The van der Waals surface area contributed by atoms with Gasteiger partial charge >= 0.3 is 0 Å². The summed E-state index contributed by atoms with van der Waals surface area (Å²) in [5, 5.41) is 3.59. The molecule has 0 aliphatic carbocycles. The van der Waals surface area contributed by atoms with Gasteiger partial charge in [0.05, 0.1) is 13.2 Å². The smallest absolute Gasteiger partial charge is 0.0593 e. The van der Waals surface area contributed by atoms with Gasteiger partial charge in [-0.3, -0.25) is 0 Å². The highest BCUT2D eigenvalue weighted by atomic mass is 16.5. The maximum absolute atomic E-state index is 5.67. The van der Waals surface area contributed by atoms with E-state index >= 15 is 0 Å². The van der Waals surface area contributed by atoms with Crippen LogP contribution >= 0.6 is 0 Å². The lowest BCUT2D eigenvalue weighted by Crippen LogP contribution is -2.46. The van der Waals surface area contributed by atoms with Gasteiger partial charge in [0.1, 0.15) is 0 Å². The molecule has 1 rings (SSSR count). The third-order valence-corrected chi connectivity index (χ3v) is 3.83. The van der Waals surface area contributed by atoms with Gasteiger partial charge in [-0.25, -0.2) is 0 Å². The molecule has 0 radical (unpaired) electrons. The summed E-state index contributed by atoms with van der Waals surface area (Å²) in [4.78, 5) is 2.49. The first-order valence-corrected chi connectivity index (χ1v) is 7.73. The number of likely N-dealkylation sites (N-methyl/N-ethyl adjacent to an activating group) is 1. The van der Waals surface area contributed by atoms with Crippen molar-refractivity contribution < 1.29 is 9.47 Å². The molecule has 1 unspecified atom stereocenters. The van der Waals surface area contributed by atoms with Crippen LogP contribution < -0.4 is 5.32 Å². The molecule has 0 aromatic rings. The van der Waals surface area contributed by atoms with Crippen LogP contribution in [0.15, 0.2) is 0 Å². The summed E-state index contributed by atoms with van der Waals surface area (Å²) in [7, 11) is 0. The van der Waals surface area contributed by atoms with Crippen molar-refractivity contribution in [2.45, 2.75) is 40.2 Å². The molecule has 0 saturated carbocycles. The first-order chi connectivity index (χ1) is 9.12. The highest BCUT2D eigenvalue weighted by Gasteiger charge is 2.36. The average molecular weight is 272 g/mol. The minimum atomic E-state index is 0.284. The van der Waals surface area contributed by atoms with Crippen LogP contribution in [0.25, 0.3) is 0 Å². The van der Waals surface area contributed by atoms with Crippen LogP contribution in [0, 0.1) is 5.41 Å². The first kappa shape index (κ1) is 16.9. The number of nitrogens with zero attached hydrogens (tertiary/aromatic N) is 1. The zero-order valence-corrected chi connectivity index (χ0v) is 13.2. The fourth-order valence-corrected chi connectivity index (χ4v) is 2.55. The number of ether oxygens (including phenoxy) is 2. The van der Waals surface area contributed by atoms with E-state index in [2.05, 4.69) is 37.9 Å². The highest BCUT2D eigenvalue weighted by Crippen LogP contribution is 2.29. The second kappa shape index (κ2) is 8.90. The minimum absolute atomic E-state index is 0.284. The van der Waals surface area contributed by atoms with E-state index in [4.69, 9.17) is 9.47 Å². The van der Waals surface area contributed by atoms with Gasteiger partial charge in [-0.15, -0.1) is 0 Å². The molecule has 1 heterocycles. The molecule has 1 atom stereocenters. The van der Waals surface area contributed by atoms with Crippen molar-refractivity contribution in [2.75, 3.05) is 52.6 Å². The molecule has 1 aliphatic heterocycles. The van der Waals surface area contributed by atoms with Crippen LogP contribution in [0.4, 0.5) is 0 Å². The Morgan fingerprint density at radius 1 is 1.37 bits per heavy atom.